The van der Waals surface area contributed by atoms with Crippen LogP contribution in [0.15, 0.2) is 18.2 Å². The van der Waals surface area contributed by atoms with Crippen molar-refractivity contribution in [2.45, 2.75) is 50.1 Å². The van der Waals surface area contributed by atoms with Gasteiger partial charge in [0.1, 0.15) is 29.9 Å². The molecule has 234 valence electrons. The molecule has 3 atom stereocenters. The van der Waals surface area contributed by atoms with Crippen molar-refractivity contribution in [2.75, 3.05) is 50.0 Å². The number of thiazole rings is 1. The monoisotopic (exact) mass is 637 g/mol. The number of nitrogens with one attached hydrogen (secondary N) is 1. The molecule has 15 heteroatoms. The Labute approximate surface area is 252 Å². The van der Waals surface area contributed by atoms with Crippen molar-refractivity contribution >= 4 is 43.4 Å². The number of ether oxygens (including phenoxy) is 1. The number of alkyl halides is 4. The molecular weight excluding hydrogens is 608 g/mol. The Bertz CT molecular complexity index is 1770. The zero-order chi connectivity index (χ0) is 31.0. The van der Waals surface area contributed by atoms with E-state index in [0.717, 1.165) is 42.5 Å². The van der Waals surface area contributed by atoms with Gasteiger partial charge in [-0.25, -0.2) is 18.2 Å². The van der Waals surface area contributed by atoms with Gasteiger partial charge in [0.2, 0.25) is 0 Å². The van der Waals surface area contributed by atoms with E-state index in [1.54, 1.807) is 4.90 Å². The molecule has 3 aliphatic heterocycles. The molecule has 0 amide bonds. The minimum atomic E-state index is -5.00. The van der Waals surface area contributed by atoms with E-state index in [4.69, 9.17) is 10.5 Å². The van der Waals surface area contributed by atoms with Crippen molar-refractivity contribution in [3.05, 3.63) is 35.4 Å². The highest BCUT2D eigenvalue weighted by atomic mass is 32.1. The number of hydrogen-bond acceptors (Lipinski definition) is 9. The number of rotatable bonds is 5. The summed E-state index contributed by atoms with van der Waals surface area (Å²) < 4.78 is 95.8. The minimum absolute atomic E-state index is 0.0568. The molecule has 8 nitrogen and oxygen atoms in total. The van der Waals surface area contributed by atoms with Gasteiger partial charge in [0, 0.05) is 55.2 Å². The Morgan fingerprint density at radius 2 is 1.98 bits per heavy atom. The van der Waals surface area contributed by atoms with Crippen molar-refractivity contribution in [3.63, 3.8) is 0 Å². The topological polar surface area (TPSA) is 92.4 Å². The van der Waals surface area contributed by atoms with Gasteiger partial charge in [0.05, 0.1) is 21.3 Å². The van der Waals surface area contributed by atoms with Gasteiger partial charge in [0.15, 0.2) is 10.9 Å². The van der Waals surface area contributed by atoms with Gasteiger partial charge in [-0.15, -0.1) is 0 Å². The highest BCUT2D eigenvalue weighted by Gasteiger charge is 2.49. The van der Waals surface area contributed by atoms with Crippen LogP contribution in [0, 0.1) is 11.6 Å². The highest BCUT2D eigenvalue weighted by molar-refractivity contribution is 7.22. The quantitative estimate of drug-likeness (QED) is 0.276. The Morgan fingerprint density at radius 1 is 1.16 bits per heavy atom. The lowest BCUT2D eigenvalue weighted by Crippen LogP contribution is -2.50. The molecule has 0 spiro atoms. The number of aromatic nitrogens is 3. The molecule has 7 rings (SSSR count). The standard InChI is InChI=1S/C29H29F6N7OS/c1-14-11-37-6-8-42(14)25-17-9-18(29(33,34)35)20(16-3-4-19(31)24-23(16)38-26(36)44-24)21(32)22(17)39-27(40-25)43-13-28-5-2-7-41(28)12-15(30)10-28/h3-4,9,14-15,37H,2,5-8,10-13H2,1H3,(H2,36,38)/t14-,15-,28-/m1/s1. The van der Waals surface area contributed by atoms with Crippen LogP contribution >= 0.6 is 11.3 Å². The third kappa shape index (κ3) is 4.79. The number of nitrogen functional groups attached to an aromatic ring is 1. The summed E-state index contributed by atoms with van der Waals surface area (Å²) in [6, 6.07) is 2.47. The fourth-order valence-corrected chi connectivity index (χ4v) is 7.72. The first kappa shape index (κ1) is 29.3. The van der Waals surface area contributed by atoms with Gasteiger partial charge < -0.3 is 20.7 Å². The normalized spacial score (nSPS) is 24.5. The van der Waals surface area contributed by atoms with Crippen LogP contribution in [0.5, 0.6) is 6.01 Å². The molecule has 5 heterocycles. The van der Waals surface area contributed by atoms with E-state index < -0.39 is 40.6 Å². The average Bonchev–Trinajstić information content (AvgIpc) is 3.64. The second-order valence-corrected chi connectivity index (χ2v) is 12.8. The Kier molecular flexibility index (Phi) is 7.05. The number of hydrogen-bond donors (Lipinski definition) is 2. The Morgan fingerprint density at radius 3 is 2.75 bits per heavy atom. The SMILES string of the molecule is C[C@@H]1CNCCN1c1nc(OC[C@]23CCCN2C[C@H](F)C3)nc2c(F)c(-c3ccc(F)c4sc(N)nc34)c(C(F)(F)F)cc12. The minimum Gasteiger partial charge on any atom is -0.461 e. The summed E-state index contributed by atoms with van der Waals surface area (Å²) in [5.41, 5.74) is 2.31. The molecule has 0 aliphatic carbocycles. The van der Waals surface area contributed by atoms with Gasteiger partial charge in [-0.2, -0.15) is 23.1 Å². The summed E-state index contributed by atoms with van der Waals surface area (Å²) in [4.78, 5) is 16.7. The molecular formula is C29H29F6N7OS. The van der Waals surface area contributed by atoms with Crippen LogP contribution < -0.4 is 20.7 Å². The Balaban J connectivity index is 1.44. The third-order valence-corrected chi connectivity index (χ3v) is 9.87. The zero-order valence-corrected chi connectivity index (χ0v) is 24.5. The van der Waals surface area contributed by atoms with Crippen LogP contribution in [0.4, 0.5) is 37.3 Å². The number of piperazine rings is 1. The fourth-order valence-electron chi connectivity index (χ4n) is 6.96. The number of benzene rings is 2. The smallest absolute Gasteiger partial charge is 0.417 e. The molecule has 3 fully saturated rings. The second kappa shape index (κ2) is 10.6. The van der Waals surface area contributed by atoms with Crippen LogP contribution in [-0.4, -0.2) is 76.9 Å². The highest BCUT2D eigenvalue weighted by Crippen LogP contribution is 2.46. The van der Waals surface area contributed by atoms with E-state index in [1.165, 1.54) is 0 Å². The number of halogens is 6. The molecule has 0 bridgehead atoms. The summed E-state index contributed by atoms with van der Waals surface area (Å²) >= 11 is 0.759. The van der Waals surface area contributed by atoms with Crippen LogP contribution in [-0.2, 0) is 6.18 Å². The second-order valence-electron chi connectivity index (χ2n) is 11.8. The predicted molar refractivity (Wildman–Crippen MR) is 156 cm³/mol. The van der Waals surface area contributed by atoms with E-state index in [9.17, 15) is 22.0 Å². The Hall–Kier alpha value is -3.43. The molecule has 4 aromatic rings. The number of anilines is 2. The molecule has 2 aromatic carbocycles. The van der Waals surface area contributed by atoms with E-state index in [-0.39, 0.29) is 62.7 Å². The largest absolute Gasteiger partial charge is 0.461 e. The molecule has 3 saturated heterocycles. The maximum atomic E-state index is 16.7. The summed E-state index contributed by atoms with van der Waals surface area (Å²) in [5, 5.41) is 3.02. The van der Waals surface area contributed by atoms with Gasteiger partial charge in [-0.1, -0.05) is 11.3 Å². The predicted octanol–water partition coefficient (Wildman–Crippen LogP) is 5.54. The molecule has 44 heavy (non-hydrogen) atoms. The average molecular weight is 638 g/mol. The maximum Gasteiger partial charge on any atom is 0.417 e. The zero-order valence-electron chi connectivity index (χ0n) is 23.6. The molecule has 2 aromatic heterocycles. The van der Waals surface area contributed by atoms with Crippen LogP contribution in [0.3, 0.4) is 0 Å². The van der Waals surface area contributed by atoms with Gasteiger partial charge >= 0.3 is 12.2 Å². The van der Waals surface area contributed by atoms with E-state index in [2.05, 4.69) is 20.3 Å². The summed E-state index contributed by atoms with van der Waals surface area (Å²) in [5.74, 6) is -1.90. The number of fused-ring (bicyclic) bond motifs is 3. The van der Waals surface area contributed by atoms with E-state index >= 15 is 4.39 Å². The fraction of sp³-hybridized carbons (Fsp3) is 0.483. The molecule has 0 unspecified atom stereocenters. The van der Waals surface area contributed by atoms with Gasteiger partial charge in [-0.05, 0) is 44.5 Å². The van der Waals surface area contributed by atoms with Crippen molar-refractivity contribution in [3.8, 4) is 17.1 Å². The first-order chi connectivity index (χ1) is 20.9. The van der Waals surface area contributed by atoms with Crippen LogP contribution in [0.1, 0.15) is 31.7 Å². The molecule has 0 saturated carbocycles. The third-order valence-electron chi connectivity index (χ3n) is 8.98. The maximum absolute atomic E-state index is 16.7. The first-order valence-corrected chi connectivity index (χ1v) is 15.2. The summed E-state index contributed by atoms with van der Waals surface area (Å²) in [6.07, 6.45) is -4.11. The molecule has 3 aliphatic rings. The van der Waals surface area contributed by atoms with E-state index in [1.807, 2.05) is 11.8 Å². The summed E-state index contributed by atoms with van der Waals surface area (Å²) in [7, 11) is 0. The van der Waals surface area contributed by atoms with E-state index in [0.29, 0.717) is 32.6 Å². The lowest BCUT2D eigenvalue weighted by Gasteiger charge is -2.36. The lowest BCUT2D eigenvalue weighted by atomic mass is 9.94. The lowest BCUT2D eigenvalue weighted by molar-refractivity contribution is -0.137. The molecule has 0 radical (unpaired) electrons. The van der Waals surface area contributed by atoms with Gasteiger partial charge in [0.25, 0.3) is 0 Å². The van der Waals surface area contributed by atoms with Crippen LogP contribution in [0.2, 0.25) is 0 Å². The van der Waals surface area contributed by atoms with Crippen LogP contribution in [0.25, 0.3) is 32.2 Å². The van der Waals surface area contributed by atoms with Crippen molar-refractivity contribution in [1.29, 1.82) is 0 Å². The van der Waals surface area contributed by atoms with Crippen molar-refractivity contribution in [2.24, 2.45) is 0 Å². The van der Waals surface area contributed by atoms with Crippen molar-refractivity contribution < 1.29 is 31.1 Å². The summed E-state index contributed by atoms with van der Waals surface area (Å²) in [6.45, 7) is 4.44. The van der Waals surface area contributed by atoms with Gasteiger partial charge in [-0.3, -0.25) is 4.90 Å². The number of nitrogens with zero attached hydrogens (tertiary/aromatic N) is 5. The number of nitrogens with two attached hydrogens (primary N) is 1. The molecule has 3 N–H and O–H groups in total. The first-order valence-electron chi connectivity index (χ1n) is 14.4. The van der Waals surface area contributed by atoms with Crippen molar-refractivity contribution in [1.82, 2.24) is 25.2 Å².